The van der Waals surface area contributed by atoms with E-state index < -0.39 is 15.1 Å². The summed E-state index contributed by atoms with van der Waals surface area (Å²) in [6.45, 7) is 0.270. The summed E-state index contributed by atoms with van der Waals surface area (Å²) in [4.78, 5) is 0. The third kappa shape index (κ3) is 2.80. The fraction of sp³-hybridized carbons (Fsp3) is 0.417. The molecule has 112 valence electrons. The van der Waals surface area contributed by atoms with Crippen molar-refractivity contribution in [2.45, 2.75) is 24.6 Å². The molecule has 1 aromatic heterocycles. The molecule has 2 aromatic rings. The number of sulfone groups is 1. The van der Waals surface area contributed by atoms with Gasteiger partial charge in [-0.25, -0.2) is 13.1 Å². The first-order valence-corrected chi connectivity index (χ1v) is 9.01. The summed E-state index contributed by atoms with van der Waals surface area (Å²) in [5, 5.41) is 11.2. The number of tetrazole rings is 1. The number of hydrogen-bond acceptors (Lipinski definition) is 6. The van der Waals surface area contributed by atoms with E-state index >= 15 is 0 Å². The Labute approximate surface area is 130 Å². The maximum Gasteiger partial charge on any atom is 0.183 e. The van der Waals surface area contributed by atoms with Crippen molar-refractivity contribution in [3.05, 3.63) is 22.7 Å². The van der Waals surface area contributed by atoms with Crippen LogP contribution in [0.25, 0.3) is 11.4 Å². The topological polar surface area (TPSA) is 104 Å². The number of nitrogens with two attached hydrogens (primary N) is 1. The molecule has 1 atom stereocenters. The molecule has 0 aliphatic carbocycles. The fourth-order valence-electron chi connectivity index (χ4n) is 2.49. The SMILES string of the molecule is Nc1ccc(Br)c(-c2nnnn2CC2CCCS2(=O)=O)c1. The molecule has 2 heterocycles. The molecule has 2 N–H and O–H groups in total. The van der Waals surface area contributed by atoms with Crippen LogP contribution in [0, 0.1) is 0 Å². The molecule has 1 fully saturated rings. The normalized spacial score (nSPS) is 20.7. The molecule has 0 amide bonds. The highest BCUT2D eigenvalue weighted by Gasteiger charge is 2.32. The molecule has 1 unspecified atom stereocenters. The maximum absolute atomic E-state index is 11.9. The summed E-state index contributed by atoms with van der Waals surface area (Å²) in [6.07, 6.45) is 1.35. The van der Waals surface area contributed by atoms with Crippen LogP contribution in [0.15, 0.2) is 22.7 Å². The fourth-order valence-corrected chi connectivity index (χ4v) is 4.71. The lowest BCUT2D eigenvalue weighted by Gasteiger charge is -2.11. The van der Waals surface area contributed by atoms with Crippen LogP contribution in [0.4, 0.5) is 5.69 Å². The van der Waals surface area contributed by atoms with Crippen LogP contribution in [0.1, 0.15) is 12.8 Å². The van der Waals surface area contributed by atoms with E-state index in [1.54, 1.807) is 12.1 Å². The van der Waals surface area contributed by atoms with Crippen molar-refractivity contribution in [2.24, 2.45) is 0 Å². The Kier molecular flexibility index (Phi) is 3.70. The summed E-state index contributed by atoms with van der Waals surface area (Å²) in [6, 6.07) is 5.34. The largest absolute Gasteiger partial charge is 0.399 e. The second kappa shape index (κ2) is 5.38. The molecule has 0 saturated carbocycles. The summed E-state index contributed by atoms with van der Waals surface area (Å²) in [7, 11) is -3.03. The highest BCUT2D eigenvalue weighted by molar-refractivity contribution is 9.10. The molecular weight excluding hydrogens is 358 g/mol. The van der Waals surface area contributed by atoms with Gasteiger partial charge in [0.2, 0.25) is 0 Å². The second-order valence-corrected chi connectivity index (χ2v) is 8.31. The Balaban J connectivity index is 1.96. The summed E-state index contributed by atoms with van der Waals surface area (Å²) in [5.41, 5.74) is 7.14. The van der Waals surface area contributed by atoms with E-state index in [0.29, 0.717) is 24.4 Å². The molecule has 1 saturated heterocycles. The highest BCUT2D eigenvalue weighted by Crippen LogP contribution is 2.29. The Bertz CT molecular complexity index is 774. The van der Waals surface area contributed by atoms with Gasteiger partial charge < -0.3 is 5.73 Å². The summed E-state index contributed by atoms with van der Waals surface area (Å²) >= 11 is 3.44. The monoisotopic (exact) mass is 371 g/mol. The Morgan fingerprint density at radius 2 is 2.24 bits per heavy atom. The Morgan fingerprint density at radius 1 is 1.43 bits per heavy atom. The molecule has 0 radical (unpaired) electrons. The average molecular weight is 372 g/mol. The lowest BCUT2D eigenvalue weighted by molar-refractivity contribution is 0.534. The van der Waals surface area contributed by atoms with Crippen LogP contribution in [0.5, 0.6) is 0 Å². The molecule has 0 bridgehead atoms. The van der Waals surface area contributed by atoms with Crippen molar-refractivity contribution >= 4 is 31.5 Å². The van der Waals surface area contributed by atoms with E-state index in [0.717, 1.165) is 10.0 Å². The number of aromatic nitrogens is 4. The minimum atomic E-state index is -3.03. The standard InChI is InChI=1S/C12H14BrN5O2S/c13-11-4-3-8(14)6-10(11)12-15-16-17-18(12)7-9-2-1-5-21(9,19)20/h3-4,6,9H,1-2,5,7,14H2. The van der Waals surface area contributed by atoms with Gasteiger partial charge in [0.25, 0.3) is 0 Å². The van der Waals surface area contributed by atoms with Gasteiger partial charge in [-0.05, 0) is 41.5 Å². The maximum atomic E-state index is 11.9. The number of hydrogen-bond donors (Lipinski definition) is 1. The molecule has 21 heavy (non-hydrogen) atoms. The van der Waals surface area contributed by atoms with Gasteiger partial charge in [-0.15, -0.1) is 5.10 Å². The van der Waals surface area contributed by atoms with Gasteiger partial charge in [0.05, 0.1) is 17.5 Å². The Hall–Kier alpha value is -1.48. The third-order valence-electron chi connectivity index (χ3n) is 3.60. The number of rotatable bonds is 3. The van der Waals surface area contributed by atoms with E-state index in [-0.39, 0.29) is 12.3 Å². The third-order valence-corrected chi connectivity index (χ3v) is 6.55. The Morgan fingerprint density at radius 3 is 2.95 bits per heavy atom. The van der Waals surface area contributed by atoms with Crippen LogP contribution in [0.3, 0.4) is 0 Å². The molecule has 9 heteroatoms. The number of nitrogens with zero attached hydrogens (tertiary/aromatic N) is 4. The first kappa shape index (κ1) is 14.5. The number of nitrogen functional groups attached to an aromatic ring is 1. The van der Waals surface area contributed by atoms with E-state index in [9.17, 15) is 8.42 Å². The molecule has 1 aliphatic rings. The van der Waals surface area contributed by atoms with Gasteiger partial charge in [-0.1, -0.05) is 15.9 Å². The molecule has 3 rings (SSSR count). The minimum Gasteiger partial charge on any atom is -0.399 e. The summed E-state index contributed by atoms with van der Waals surface area (Å²) in [5.74, 6) is 0.758. The van der Waals surface area contributed by atoms with Crippen molar-refractivity contribution in [2.75, 3.05) is 11.5 Å². The number of benzene rings is 1. The van der Waals surface area contributed by atoms with Crippen LogP contribution >= 0.6 is 15.9 Å². The summed E-state index contributed by atoms with van der Waals surface area (Å²) < 4.78 is 26.2. The van der Waals surface area contributed by atoms with Gasteiger partial charge in [-0.3, -0.25) is 0 Å². The van der Waals surface area contributed by atoms with Crippen molar-refractivity contribution < 1.29 is 8.42 Å². The van der Waals surface area contributed by atoms with Gasteiger partial charge in [0, 0.05) is 15.7 Å². The molecule has 0 spiro atoms. The quantitative estimate of drug-likeness (QED) is 0.814. The molecule has 1 aliphatic heterocycles. The predicted octanol–water partition coefficient (Wildman–Crippen LogP) is 1.26. The minimum absolute atomic E-state index is 0.247. The van der Waals surface area contributed by atoms with E-state index in [1.165, 1.54) is 4.68 Å². The van der Waals surface area contributed by atoms with Crippen LogP contribution in [-0.4, -0.2) is 39.6 Å². The number of anilines is 1. The van der Waals surface area contributed by atoms with E-state index in [4.69, 9.17) is 5.73 Å². The molecular formula is C12H14BrN5O2S. The van der Waals surface area contributed by atoms with Crippen molar-refractivity contribution in [3.63, 3.8) is 0 Å². The lowest BCUT2D eigenvalue weighted by Crippen LogP contribution is -2.23. The smallest absolute Gasteiger partial charge is 0.183 e. The van der Waals surface area contributed by atoms with Crippen molar-refractivity contribution in [1.82, 2.24) is 20.2 Å². The van der Waals surface area contributed by atoms with Gasteiger partial charge in [0.15, 0.2) is 15.7 Å². The predicted molar refractivity (Wildman–Crippen MR) is 82.2 cm³/mol. The zero-order valence-corrected chi connectivity index (χ0v) is 13.5. The van der Waals surface area contributed by atoms with Gasteiger partial charge in [0.1, 0.15) is 0 Å². The zero-order chi connectivity index (χ0) is 15.0. The number of halogens is 1. The van der Waals surface area contributed by atoms with Gasteiger partial charge >= 0.3 is 0 Å². The average Bonchev–Trinajstić information content (AvgIpc) is 3.00. The van der Waals surface area contributed by atoms with Crippen LogP contribution in [-0.2, 0) is 16.4 Å². The van der Waals surface area contributed by atoms with Crippen LogP contribution in [0.2, 0.25) is 0 Å². The first-order valence-electron chi connectivity index (χ1n) is 6.50. The molecule has 1 aromatic carbocycles. The van der Waals surface area contributed by atoms with Crippen molar-refractivity contribution in [3.8, 4) is 11.4 Å². The van der Waals surface area contributed by atoms with E-state index in [2.05, 4.69) is 31.5 Å². The van der Waals surface area contributed by atoms with E-state index in [1.807, 2.05) is 6.07 Å². The second-order valence-electron chi connectivity index (χ2n) is 5.06. The zero-order valence-electron chi connectivity index (χ0n) is 11.1. The first-order chi connectivity index (χ1) is 9.97. The highest BCUT2D eigenvalue weighted by atomic mass is 79.9. The lowest BCUT2D eigenvalue weighted by atomic mass is 10.2. The van der Waals surface area contributed by atoms with Crippen molar-refractivity contribution in [1.29, 1.82) is 0 Å². The van der Waals surface area contributed by atoms with Gasteiger partial charge in [-0.2, -0.15) is 0 Å². The molecule has 7 nitrogen and oxygen atoms in total. The van der Waals surface area contributed by atoms with Crippen LogP contribution < -0.4 is 5.73 Å².